The number of nitrogens with zero attached hydrogens (tertiary/aromatic N) is 3. The van der Waals surface area contributed by atoms with E-state index in [1.165, 1.54) is 12.1 Å². The maximum atomic E-state index is 13.3. The van der Waals surface area contributed by atoms with Crippen molar-refractivity contribution < 1.29 is 9.18 Å². The Labute approximate surface area is 158 Å². The molecular formula is C21H23FN4O. The number of rotatable bonds is 7. The molecule has 3 rings (SSSR count). The van der Waals surface area contributed by atoms with Gasteiger partial charge in [0.05, 0.1) is 22.6 Å². The van der Waals surface area contributed by atoms with Gasteiger partial charge in [0.1, 0.15) is 5.82 Å². The summed E-state index contributed by atoms with van der Waals surface area (Å²) in [4.78, 5) is 17.0. The maximum absolute atomic E-state index is 13.3. The second-order valence-electron chi connectivity index (χ2n) is 6.30. The number of halogens is 1. The average Bonchev–Trinajstić information content (AvgIpc) is 3.06. The van der Waals surface area contributed by atoms with Crippen LogP contribution in [0.1, 0.15) is 47.6 Å². The number of carbonyl (C=O) groups excluding carboxylic acids is 1. The van der Waals surface area contributed by atoms with Crippen molar-refractivity contribution in [1.29, 1.82) is 0 Å². The quantitative estimate of drug-likeness (QED) is 0.691. The van der Waals surface area contributed by atoms with Crippen LogP contribution in [-0.2, 0) is 19.4 Å². The lowest BCUT2D eigenvalue weighted by atomic mass is 10.1. The number of hydrogen-bond donors (Lipinski definition) is 1. The standard InChI is InChI=1S/C21H23FN4O/c1-3-6-18-20(21(27)24-14-15-7-5-12-23-13-15)19(4-2)26(25-18)17-10-8-16(22)9-11-17/h5,7-13H,3-4,6,14H2,1-2H3,(H,24,27). The van der Waals surface area contributed by atoms with Crippen LogP contribution in [0, 0.1) is 5.82 Å². The van der Waals surface area contributed by atoms with Gasteiger partial charge in [0, 0.05) is 18.9 Å². The number of aryl methyl sites for hydroxylation is 1. The van der Waals surface area contributed by atoms with Crippen LogP contribution in [0.4, 0.5) is 4.39 Å². The first-order chi connectivity index (χ1) is 13.1. The van der Waals surface area contributed by atoms with Gasteiger partial charge >= 0.3 is 0 Å². The molecular weight excluding hydrogens is 343 g/mol. The van der Waals surface area contributed by atoms with Crippen LogP contribution >= 0.6 is 0 Å². The minimum atomic E-state index is -0.299. The molecule has 2 aromatic heterocycles. The molecule has 27 heavy (non-hydrogen) atoms. The summed E-state index contributed by atoms with van der Waals surface area (Å²) in [5.41, 5.74) is 3.90. The Bertz CT molecular complexity index is 904. The fourth-order valence-electron chi connectivity index (χ4n) is 3.07. The van der Waals surface area contributed by atoms with Gasteiger partial charge in [0.15, 0.2) is 0 Å². The summed E-state index contributed by atoms with van der Waals surface area (Å²) in [5, 5.41) is 7.64. The Morgan fingerprint density at radius 1 is 1.19 bits per heavy atom. The normalized spacial score (nSPS) is 10.8. The van der Waals surface area contributed by atoms with Gasteiger partial charge in [-0.2, -0.15) is 5.10 Å². The smallest absolute Gasteiger partial charge is 0.255 e. The summed E-state index contributed by atoms with van der Waals surface area (Å²) in [6.45, 7) is 4.45. The molecule has 0 saturated carbocycles. The van der Waals surface area contributed by atoms with E-state index in [2.05, 4.69) is 22.3 Å². The maximum Gasteiger partial charge on any atom is 0.255 e. The lowest BCUT2D eigenvalue weighted by molar-refractivity contribution is 0.0949. The third-order valence-corrected chi connectivity index (χ3v) is 4.35. The van der Waals surface area contributed by atoms with Gasteiger partial charge in [-0.15, -0.1) is 0 Å². The van der Waals surface area contributed by atoms with Crippen LogP contribution in [0.3, 0.4) is 0 Å². The fraction of sp³-hybridized carbons (Fsp3) is 0.286. The third-order valence-electron chi connectivity index (χ3n) is 4.35. The molecule has 0 radical (unpaired) electrons. The topological polar surface area (TPSA) is 59.8 Å². The van der Waals surface area contributed by atoms with Crippen molar-refractivity contribution in [1.82, 2.24) is 20.1 Å². The van der Waals surface area contributed by atoms with Crippen molar-refractivity contribution >= 4 is 5.91 Å². The van der Waals surface area contributed by atoms with Crippen molar-refractivity contribution in [2.45, 2.75) is 39.7 Å². The van der Waals surface area contributed by atoms with Crippen LogP contribution in [-0.4, -0.2) is 20.7 Å². The van der Waals surface area contributed by atoms with Crippen LogP contribution in [0.2, 0.25) is 0 Å². The highest BCUT2D eigenvalue weighted by atomic mass is 19.1. The predicted octanol–water partition coefficient (Wildman–Crippen LogP) is 3.85. The predicted molar refractivity (Wildman–Crippen MR) is 102 cm³/mol. The van der Waals surface area contributed by atoms with Gasteiger partial charge in [-0.05, 0) is 48.7 Å². The van der Waals surface area contributed by atoms with E-state index < -0.39 is 0 Å². The fourth-order valence-corrected chi connectivity index (χ4v) is 3.07. The van der Waals surface area contributed by atoms with E-state index in [1.54, 1.807) is 29.2 Å². The van der Waals surface area contributed by atoms with Gasteiger partial charge in [0.25, 0.3) is 5.91 Å². The van der Waals surface area contributed by atoms with E-state index in [4.69, 9.17) is 0 Å². The first kappa shape index (κ1) is 18.8. The number of carbonyl (C=O) groups is 1. The van der Waals surface area contributed by atoms with E-state index in [9.17, 15) is 9.18 Å². The largest absolute Gasteiger partial charge is 0.348 e. The zero-order valence-electron chi connectivity index (χ0n) is 15.6. The molecule has 1 N–H and O–H groups in total. The molecule has 3 aromatic rings. The summed E-state index contributed by atoms with van der Waals surface area (Å²) < 4.78 is 15.0. The third kappa shape index (κ3) is 4.22. The van der Waals surface area contributed by atoms with E-state index in [1.807, 2.05) is 19.1 Å². The summed E-state index contributed by atoms with van der Waals surface area (Å²) >= 11 is 0. The molecule has 140 valence electrons. The number of amides is 1. The second-order valence-corrected chi connectivity index (χ2v) is 6.30. The van der Waals surface area contributed by atoms with Crippen molar-refractivity contribution in [2.24, 2.45) is 0 Å². The van der Waals surface area contributed by atoms with Gasteiger partial charge in [-0.1, -0.05) is 26.3 Å². The molecule has 0 aliphatic heterocycles. The van der Waals surface area contributed by atoms with Gasteiger partial charge in [-0.25, -0.2) is 9.07 Å². The first-order valence-electron chi connectivity index (χ1n) is 9.17. The van der Waals surface area contributed by atoms with Crippen LogP contribution < -0.4 is 5.32 Å². The second kappa shape index (κ2) is 8.58. The number of pyridine rings is 1. The average molecular weight is 366 g/mol. The van der Waals surface area contributed by atoms with Crippen LogP contribution in [0.25, 0.3) is 5.69 Å². The zero-order valence-corrected chi connectivity index (χ0v) is 15.6. The molecule has 0 aliphatic rings. The van der Waals surface area contributed by atoms with E-state index in [-0.39, 0.29) is 11.7 Å². The molecule has 0 spiro atoms. The molecule has 0 bridgehead atoms. The molecule has 6 heteroatoms. The molecule has 0 aliphatic carbocycles. The van der Waals surface area contributed by atoms with Crippen LogP contribution in [0.15, 0.2) is 48.8 Å². The number of aromatic nitrogens is 3. The lowest BCUT2D eigenvalue weighted by Gasteiger charge is -2.09. The Balaban J connectivity index is 1.94. The van der Waals surface area contributed by atoms with Gasteiger partial charge in [-0.3, -0.25) is 9.78 Å². The molecule has 0 atom stereocenters. The van der Waals surface area contributed by atoms with Crippen molar-refractivity contribution in [3.05, 3.63) is 77.1 Å². The number of nitrogens with one attached hydrogen (secondary N) is 1. The molecule has 0 saturated heterocycles. The lowest BCUT2D eigenvalue weighted by Crippen LogP contribution is -2.25. The van der Waals surface area contributed by atoms with E-state index in [0.717, 1.165) is 29.1 Å². The Kier molecular flexibility index (Phi) is 5.96. The number of hydrogen-bond acceptors (Lipinski definition) is 3. The molecule has 1 aromatic carbocycles. The summed E-state index contributed by atoms with van der Waals surface area (Å²) in [6, 6.07) is 9.91. The molecule has 0 fully saturated rings. The summed E-state index contributed by atoms with van der Waals surface area (Å²) in [5.74, 6) is -0.445. The molecule has 2 heterocycles. The van der Waals surface area contributed by atoms with Crippen molar-refractivity contribution in [2.75, 3.05) is 0 Å². The minimum absolute atomic E-state index is 0.146. The summed E-state index contributed by atoms with van der Waals surface area (Å²) in [6.07, 6.45) is 5.66. The van der Waals surface area contributed by atoms with Crippen molar-refractivity contribution in [3.63, 3.8) is 0 Å². The Morgan fingerprint density at radius 3 is 2.59 bits per heavy atom. The Hall–Kier alpha value is -3.02. The molecule has 5 nitrogen and oxygen atoms in total. The first-order valence-corrected chi connectivity index (χ1v) is 9.17. The highest BCUT2D eigenvalue weighted by molar-refractivity contribution is 5.96. The Morgan fingerprint density at radius 2 is 1.96 bits per heavy atom. The monoisotopic (exact) mass is 366 g/mol. The molecule has 1 amide bonds. The minimum Gasteiger partial charge on any atom is -0.348 e. The molecule has 0 unspecified atom stereocenters. The van der Waals surface area contributed by atoms with Crippen molar-refractivity contribution in [3.8, 4) is 5.69 Å². The van der Waals surface area contributed by atoms with Gasteiger partial charge in [0.2, 0.25) is 0 Å². The highest BCUT2D eigenvalue weighted by Crippen LogP contribution is 2.21. The zero-order chi connectivity index (χ0) is 19.2. The summed E-state index contributed by atoms with van der Waals surface area (Å²) in [7, 11) is 0. The highest BCUT2D eigenvalue weighted by Gasteiger charge is 2.23. The van der Waals surface area contributed by atoms with Gasteiger partial charge < -0.3 is 5.32 Å². The number of benzene rings is 1. The van der Waals surface area contributed by atoms with E-state index >= 15 is 0 Å². The van der Waals surface area contributed by atoms with Crippen LogP contribution in [0.5, 0.6) is 0 Å². The SMILES string of the molecule is CCCc1nn(-c2ccc(F)cc2)c(CC)c1C(=O)NCc1cccnc1. The van der Waals surface area contributed by atoms with E-state index in [0.29, 0.717) is 24.9 Å².